The predicted octanol–water partition coefficient (Wildman–Crippen LogP) is 2.43. The van der Waals surface area contributed by atoms with Gasteiger partial charge in [-0.05, 0) is 32.6 Å². The topological polar surface area (TPSA) is 62.2 Å². The van der Waals surface area contributed by atoms with Gasteiger partial charge in [0, 0.05) is 0 Å². The van der Waals surface area contributed by atoms with Crippen LogP contribution < -0.4 is 5.32 Å². The molecule has 0 radical (unpaired) electrons. The number of amides is 1. The predicted molar refractivity (Wildman–Crippen MR) is 76.5 cm³/mol. The van der Waals surface area contributed by atoms with Gasteiger partial charge in [-0.1, -0.05) is 19.8 Å². The molecule has 1 fully saturated rings. The Morgan fingerprint density at radius 1 is 1.58 bits per heavy atom. The van der Waals surface area contributed by atoms with Crippen LogP contribution in [0.15, 0.2) is 0 Å². The summed E-state index contributed by atoms with van der Waals surface area (Å²) >= 11 is 1.42. The van der Waals surface area contributed by atoms with Crippen LogP contribution in [0, 0.1) is 19.8 Å². The summed E-state index contributed by atoms with van der Waals surface area (Å²) in [7, 11) is 0. The molecule has 0 spiro atoms. The summed E-state index contributed by atoms with van der Waals surface area (Å²) in [6.45, 7) is 5.95. The molecule has 0 aliphatic heterocycles. The van der Waals surface area contributed by atoms with Crippen molar-refractivity contribution >= 4 is 17.2 Å². The molecule has 1 aliphatic carbocycles. The molecule has 1 heterocycles. The number of hydrogen-bond donors (Lipinski definition) is 2. The Morgan fingerprint density at radius 2 is 2.32 bits per heavy atom. The number of carbonyl (C=O) groups excluding carboxylic acids is 1. The quantitative estimate of drug-likeness (QED) is 0.895. The largest absolute Gasteiger partial charge is 0.394 e. The van der Waals surface area contributed by atoms with Crippen molar-refractivity contribution in [1.29, 1.82) is 0 Å². The van der Waals surface area contributed by atoms with Crippen molar-refractivity contribution in [3.8, 4) is 0 Å². The lowest BCUT2D eigenvalue weighted by molar-refractivity contribution is 0.0700. The summed E-state index contributed by atoms with van der Waals surface area (Å²) in [6.07, 6.45) is 3.95. The first-order chi connectivity index (χ1) is 8.96. The fourth-order valence-electron chi connectivity index (χ4n) is 3.00. The molecule has 1 aromatic heterocycles. The minimum absolute atomic E-state index is 0.0138. The van der Waals surface area contributed by atoms with E-state index in [0.717, 1.165) is 30.0 Å². The molecule has 5 heteroatoms. The van der Waals surface area contributed by atoms with Crippen LogP contribution in [0.3, 0.4) is 0 Å². The maximum absolute atomic E-state index is 12.4. The summed E-state index contributed by atoms with van der Waals surface area (Å²) < 4.78 is 0. The Balaban J connectivity index is 2.14. The highest BCUT2D eigenvalue weighted by atomic mass is 32.1. The summed E-state index contributed by atoms with van der Waals surface area (Å²) in [5, 5.41) is 13.7. The van der Waals surface area contributed by atoms with Gasteiger partial charge in [-0.2, -0.15) is 0 Å². The van der Waals surface area contributed by atoms with Gasteiger partial charge >= 0.3 is 0 Å². The number of nitrogens with one attached hydrogen (secondary N) is 1. The molecular weight excluding hydrogens is 260 g/mol. The Labute approximate surface area is 118 Å². The highest BCUT2D eigenvalue weighted by molar-refractivity contribution is 7.13. The third-order valence-electron chi connectivity index (χ3n) is 3.88. The van der Waals surface area contributed by atoms with Crippen LogP contribution in [0.1, 0.15) is 53.0 Å². The summed E-state index contributed by atoms with van der Waals surface area (Å²) in [5.74, 6) is 0.455. The third-order valence-corrected chi connectivity index (χ3v) is 4.95. The second-order valence-corrected chi connectivity index (χ2v) is 6.94. The van der Waals surface area contributed by atoms with Crippen molar-refractivity contribution in [1.82, 2.24) is 10.3 Å². The summed E-state index contributed by atoms with van der Waals surface area (Å²) in [6, 6.07) is 0. The van der Waals surface area contributed by atoms with Gasteiger partial charge in [0.25, 0.3) is 5.91 Å². The smallest absolute Gasteiger partial charge is 0.263 e. The van der Waals surface area contributed by atoms with Crippen molar-refractivity contribution in [2.75, 3.05) is 6.61 Å². The first kappa shape index (κ1) is 14.5. The Morgan fingerprint density at radius 3 is 2.84 bits per heavy atom. The summed E-state index contributed by atoms with van der Waals surface area (Å²) in [4.78, 5) is 17.3. The van der Waals surface area contributed by atoms with Crippen LogP contribution in [0.25, 0.3) is 0 Å². The van der Waals surface area contributed by atoms with Gasteiger partial charge in [0.2, 0.25) is 0 Å². The zero-order chi connectivity index (χ0) is 14.0. The Kier molecular flexibility index (Phi) is 4.26. The number of hydrogen-bond acceptors (Lipinski definition) is 4. The highest BCUT2D eigenvalue weighted by Gasteiger charge is 2.36. The fourth-order valence-corrected chi connectivity index (χ4v) is 3.81. The molecule has 0 aromatic carbocycles. The van der Waals surface area contributed by atoms with Crippen molar-refractivity contribution in [2.45, 2.75) is 52.0 Å². The van der Waals surface area contributed by atoms with Gasteiger partial charge in [0.15, 0.2) is 0 Å². The van der Waals surface area contributed by atoms with E-state index in [0.29, 0.717) is 10.8 Å². The van der Waals surface area contributed by atoms with E-state index < -0.39 is 5.54 Å². The van der Waals surface area contributed by atoms with Gasteiger partial charge in [-0.15, -0.1) is 11.3 Å². The monoisotopic (exact) mass is 282 g/mol. The molecule has 1 aliphatic rings. The van der Waals surface area contributed by atoms with Gasteiger partial charge in [0.05, 0.1) is 22.8 Å². The molecule has 0 bridgehead atoms. The van der Waals surface area contributed by atoms with Gasteiger partial charge < -0.3 is 10.4 Å². The number of carbonyl (C=O) groups is 1. The maximum atomic E-state index is 12.4. The fraction of sp³-hybridized carbons (Fsp3) is 0.714. The number of aliphatic hydroxyl groups is 1. The van der Waals surface area contributed by atoms with Crippen molar-refractivity contribution in [3.05, 3.63) is 15.6 Å². The van der Waals surface area contributed by atoms with E-state index in [2.05, 4.69) is 17.2 Å². The molecular formula is C14H22N2O2S. The molecule has 2 unspecified atom stereocenters. The number of aromatic nitrogens is 1. The maximum Gasteiger partial charge on any atom is 0.263 e. The summed E-state index contributed by atoms with van der Waals surface area (Å²) in [5.41, 5.74) is 0.330. The average Bonchev–Trinajstić information content (AvgIpc) is 2.68. The van der Waals surface area contributed by atoms with Crippen LogP contribution >= 0.6 is 11.3 Å². The van der Waals surface area contributed by atoms with Crippen LogP contribution in [0.2, 0.25) is 0 Å². The van der Waals surface area contributed by atoms with E-state index in [1.807, 2.05) is 13.8 Å². The SMILES string of the molecule is Cc1nc(C)c(C(=O)NC2(CO)CCCC(C)C2)s1. The average molecular weight is 282 g/mol. The zero-order valence-corrected chi connectivity index (χ0v) is 12.6. The van der Waals surface area contributed by atoms with Crippen LogP contribution in [0.5, 0.6) is 0 Å². The molecule has 1 amide bonds. The molecule has 2 rings (SSSR count). The Hall–Kier alpha value is -0.940. The first-order valence-electron chi connectivity index (χ1n) is 6.83. The number of aliphatic hydroxyl groups excluding tert-OH is 1. The van der Waals surface area contributed by atoms with Crippen molar-refractivity contribution in [2.24, 2.45) is 5.92 Å². The zero-order valence-electron chi connectivity index (χ0n) is 11.8. The van der Waals surface area contributed by atoms with Crippen molar-refractivity contribution < 1.29 is 9.90 Å². The minimum atomic E-state index is -0.445. The highest BCUT2D eigenvalue weighted by Crippen LogP contribution is 2.32. The second kappa shape index (κ2) is 5.59. The van der Waals surface area contributed by atoms with Crippen LogP contribution in [-0.4, -0.2) is 28.1 Å². The van der Waals surface area contributed by atoms with Crippen LogP contribution in [0.4, 0.5) is 0 Å². The molecule has 1 aromatic rings. The molecule has 2 N–H and O–H groups in total. The lowest BCUT2D eigenvalue weighted by Crippen LogP contribution is -2.53. The number of nitrogens with zero attached hydrogens (tertiary/aromatic N) is 1. The number of aryl methyl sites for hydroxylation is 2. The van der Waals surface area contributed by atoms with Crippen molar-refractivity contribution in [3.63, 3.8) is 0 Å². The third kappa shape index (κ3) is 3.15. The van der Waals surface area contributed by atoms with E-state index in [1.165, 1.54) is 17.8 Å². The van der Waals surface area contributed by atoms with E-state index in [1.54, 1.807) is 0 Å². The molecule has 0 saturated heterocycles. The molecule has 4 nitrogen and oxygen atoms in total. The molecule has 19 heavy (non-hydrogen) atoms. The van der Waals surface area contributed by atoms with Gasteiger partial charge in [-0.25, -0.2) is 4.98 Å². The standard InChI is InChI=1S/C14H22N2O2S/c1-9-5-4-6-14(7-9,8-17)16-13(18)12-10(2)15-11(3)19-12/h9,17H,4-8H2,1-3H3,(H,16,18). The Bertz CT molecular complexity index is 472. The minimum Gasteiger partial charge on any atom is -0.394 e. The van der Waals surface area contributed by atoms with Crippen LogP contribution in [-0.2, 0) is 0 Å². The second-order valence-electron chi connectivity index (χ2n) is 5.74. The van der Waals surface area contributed by atoms with E-state index in [4.69, 9.17) is 0 Å². The molecule has 106 valence electrons. The molecule has 2 atom stereocenters. The van der Waals surface area contributed by atoms with Gasteiger partial charge in [0.1, 0.15) is 4.88 Å². The number of rotatable bonds is 3. The van der Waals surface area contributed by atoms with E-state index in [9.17, 15) is 9.90 Å². The lowest BCUT2D eigenvalue weighted by atomic mass is 9.77. The normalized spacial score (nSPS) is 27.3. The van der Waals surface area contributed by atoms with Gasteiger partial charge in [-0.3, -0.25) is 4.79 Å². The first-order valence-corrected chi connectivity index (χ1v) is 7.65. The lowest BCUT2D eigenvalue weighted by Gasteiger charge is -2.39. The number of thiazole rings is 1. The molecule has 1 saturated carbocycles. The van der Waals surface area contributed by atoms with E-state index >= 15 is 0 Å². The van der Waals surface area contributed by atoms with E-state index in [-0.39, 0.29) is 12.5 Å².